The molecule has 19 heavy (non-hydrogen) atoms. The first-order valence-corrected chi connectivity index (χ1v) is 6.19. The molecule has 0 unspecified atom stereocenters. The highest BCUT2D eigenvalue weighted by atomic mass is 16.6. The summed E-state index contributed by atoms with van der Waals surface area (Å²) in [6.07, 6.45) is 2.10. The van der Waals surface area contributed by atoms with E-state index in [1.54, 1.807) is 12.1 Å². The Morgan fingerprint density at radius 1 is 1.32 bits per heavy atom. The van der Waals surface area contributed by atoms with E-state index in [0.29, 0.717) is 5.69 Å². The van der Waals surface area contributed by atoms with Gasteiger partial charge in [0.2, 0.25) is 0 Å². The predicted molar refractivity (Wildman–Crippen MR) is 70.2 cm³/mol. The summed E-state index contributed by atoms with van der Waals surface area (Å²) in [5.41, 5.74) is 0.746. The number of non-ortho nitro benzene ring substituents is 1. The fourth-order valence-corrected chi connectivity index (χ4v) is 2.27. The molecule has 1 N–H and O–H groups in total. The molecule has 102 valence electrons. The molecule has 0 heterocycles. The summed E-state index contributed by atoms with van der Waals surface area (Å²) in [6.45, 7) is 0. The Kier molecular flexibility index (Phi) is 4.11. The van der Waals surface area contributed by atoms with E-state index in [1.165, 1.54) is 19.2 Å². The monoisotopic (exact) mass is 264 g/mol. The van der Waals surface area contributed by atoms with E-state index in [0.717, 1.165) is 19.3 Å². The van der Waals surface area contributed by atoms with E-state index in [1.807, 2.05) is 0 Å². The van der Waals surface area contributed by atoms with Crippen molar-refractivity contribution in [3.63, 3.8) is 0 Å². The molecule has 6 heteroatoms. The van der Waals surface area contributed by atoms with Gasteiger partial charge in [-0.25, -0.2) is 0 Å². The molecular weight excluding hydrogens is 248 g/mol. The average molecular weight is 264 g/mol. The van der Waals surface area contributed by atoms with Crippen LogP contribution in [0.2, 0.25) is 0 Å². The fraction of sp³-hybridized carbons (Fsp3) is 0.462. The summed E-state index contributed by atoms with van der Waals surface area (Å²) < 4.78 is 5.14. The van der Waals surface area contributed by atoms with Gasteiger partial charge in [-0.1, -0.05) is 0 Å². The minimum absolute atomic E-state index is 0.0373. The van der Waals surface area contributed by atoms with Gasteiger partial charge in [-0.2, -0.15) is 0 Å². The lowest BCUT2D eigenvalue weighted by atomic mass is 9.91. The fourth-order valence-electron chi connectivity index (χ4n) is 2.27. The third-order valence-corrected chi connectivity index (χ3v) is 3.32. The largest absolute Gasteiger partial charge is 0.375 e. The number of carbonyl (C=O) groups excluding carboxylic acids is 1. The highest BCUT2D eigenvalue weighted by Crippen LogP contribution is 2.22. The van der Waals surface area contributed by atoms with Crippen molar-refractivity contribution >= 4 is 17.2 Å². The van der Waals surface area contributed by atoms with Crippen molar-refractivity contribution in [2.24, 2.45) is 0 Å². The van der Waals surface area contributed by atoms with Gasteiger partial charge in [0.25, 0.3) is 5.69 Å². The number of nitrogens with zero attached hydrogens (tertiary/aromatic N) is 1. The molecule has 1 aliphatic carbocycles. The zero-order chi connectivity index (χ0) is 13.8. The number of nitro benzene ring substituents is 1. The van der Waals surface area contributed by atoms with E-state index in [4.69, 9.17) is 4.74 Å². The number of nitro groups is 1. The zero-order valence-electron chi connectivity index (χ0n) is 10.7. The second-order valence-corrected chi connectivity index (χ2v) is 4.56. The van der Waals surface area contributed by atoms with Crippen molar-refractivity contribution < 1.29 is 14.5 Å². The van der Waals surface area contributed by atoms with Gasteiger partial charge in [-0.15, -0.1) is 0 Å². The molecule has 2 atom stereocenters. The summed E-state index contributed by atoms with van der Waals surface area (Å²) >= 11 is 0. The Labute approximate surface area is 110 Å². The van der Waals surface area contributed by atoms with Gasteiger partial charge in [0.1, 0.15) is 6.10 Å². The number of anilines is 1. The maximum atomic E-state index is 12.0. The van der Waals surface area contributed by atoms with Crippen LogP contribution >= 0.6 is 0 Å². The number of methoxy groups -OCH3 is 1. The predicted octanol–water partition coefficient (Wildman–Crippen LogP) is 2.14. The number of rotatable bonds is 4. The summed E-state index contributed by atoms with van der Waals surface area (Å²) in [5, 5.41) is 13.7. The topological polar surface area (TPSA) is 81.5 Å². The first-order chi connectivity index (χ1) is 9.11. The van der Waals surface area contributed by atoms with Crippen molar-refractivity contribution in [3.8, 4) is 0 Å². The SMILES string of the molecule is CO[C@H]1CCC[C@H](Nc2ccc([N+](=O)[O-])cc2)C1=O. The normalized spacial score (nSPS) is 23.1. The zero-order valence-corrected chi connectivity index (χ0v) is 10.7. The lowest BCUT2D eigenvalue weighted by Crippen LogP contribution is -2.42. The van der Waals surface area contributed by atoms with Gasteiger partial charge in [0.05, 0.1) is 11.0 Å². The molecule has 6 nitrogen and oxygen atoms in total. The van der Waals surface area contributed by atoms with Crippen LogP contribution in [0.25, 0.3) is 0 Å². The molecule has 0 saturated heterocycles. The Morgan fingerprint density at radius 3 is 2.58 bits per heavy atom. The van der Waals surface area contributed by atoms with E-state index >= 15 is 0 Å². The van der Waals surface area contributed by atoms with Crippen LogP contribution in [-0.2, 0) is 9.53 Å². The highest BCUT2D eigenvalue weighted by molar-refractivity contribution is 5.91. The van der Waals surface area contributed by atoms with Gasteiger partial charge in [0.15, 0.2) is 5.78 Å². The van der Waals surface area contributed by atoms with Crippen molar-refractivity contribution in [2.45, 2.75) is 31.4 Å². The molecule has 1 aromatic rings. The lowest BCUT2D eigenvalue weighted by molar-refractivity contribution is -0.384. The first-order valence-electron chi connectivity index (χ1n) is 6.19. The molecule has 0 amide bonds. The van der Waals surface area contributed by atoms with Crippen molar-refractivity contribution in [3.05, 3.63) is 34.4 Å². The Hall–Kier alpha value is -1.95. The molecule has 0 aliphatic heterocycles. The number of Topliss-reactive ketones (excluding diaryl/α,β-unsaturated/α-hetero) is 1. The number of nitrogens with one attached hydrogen (secondary N) is 1. The van der Waals surface area contributed by atoms with E-state index in [9.17, 15) is 14.9 Å². The third kappa shape index (κ3) is 3.08. The molecular formula is C13H16N2O4. The van der Waals surface area contributed by atoms with Crippen LogP contribution in [0.1, 0.15) is 19.3 Å². The molecule has 0 radical (unpaired) electrons. The van der Waals surface area contributed by atoms with Gasteiger partial charge in [-0.3, -0.25) is 14.9 Å². The highest BCUT2D eigenvalue weighted by Gasteiger charge is 2.30. The summed E-state index contributed by atoms with van der Waals surface area (Å²) in [4.78, 5) is 22.1. The minimum Gasteiger partial charge on any atom is -0.375 e. The maximum absolute atomic E-state index is 12.0. The standard InChI is InChI=1S/C13H16N2O4/c1-19-12-4-2-3-11(13(12)16)14-9-5-7-10(8-6-9)15(17)18/h5-8,11-12,14H,2-4H2,1H3/t11-,12-/m0/s1. The summed E-state index contributed by atoms with van der Waals surface area (Å²) in [7, 11) is 1.54. The van der Waals surface area contributed by atoms with Crippen LogP contribution in [0.3, 0.4) is 0 Å². The van der Waals surface area contributed by atoms with Crippen LogP contribution in [0.5, 0.6) is 0 Å². The van der Waals surface area contributed by atoms with Gasteiger partial charge in [0, 0.05) is 24.9 Å². The van der Waals surface area contributed by atoms with Crippen LogP contribution in [-0.4, -0.2) is 30.0 Å². The second-order valence-electron chi connectivity index (χ2n) is 4.56. The second kappa shape index (κ2) is 5.79. The Morgan fingerprint density at radius 2 is 2.00 bits per heavy atom. The number of benzene rings is 1. The molecule has 1 saturated carbocycles. The molecule has 2 rings (SSSR count). The van der Waals surface area contributed by atoms with E-state index < -0.39 is 4.92 Å². The van der Waals surface area contributed by atoms with Crippen molar-refractivity contribution in [2.75, 3.05) is 12.4 Å². The molecule has 0 bridgehead atoms. The Balaban J connectivity index is 2.04. The molecule has 1 aliphatic rings. The molecule has 1 aromatic carbocycles. The van der Waals surface area contributed by atoms with Crippen LogP contribution in [0.4, 0.5) is 11.4 Å². The number of ether oxygens (including phenoxy) is 1. The number of ketones is 1. The lowest BCUT2D eigenvalue weighted by Gasteiger charge is -2.28. The number of hydrogen-bond acceptors (Lipinski definition) is 5. The van der Waals surface area contributed by atoms with Crippen molar-refractivity contribution in [1.82, 2.24) is 0 Å². The quantitative estimate of drug-likeness (QED) is 0.665. The van der Waals surface area contributed by atoms with Gasteiger partial charge >= 0.3 is 0 Å². The van der Waals surface area contributed by atoms with Gasteiger partial charge in [-0.05, 0) is 31.4 Å². The minimum atomic E-state index is -0.448. The third-order valence-electron chi connectivity index (χ3n) is 3.32. The van der Waals surface area contributed by atoms with Crippen LogP contribution in [0, 0.1) is 10.1 Å². The van der Waals surface area contributed by atoms with E-state index in [2.05, 4.69) is 5.32 Å². The van der Waals surface area contributed by atoms with Crippen LogP contribution < -0.4 is 5.32 Å². The summed E-state index contributed by atoms with van der Waals surface area (Å²) in [6, 6.07) is 5.79. The summed E-state index contributed by atoms with van der Waals surface area (Å²) in [5.74, 6) is 0.0482. The molecule has 0 spiro atoms. The van der Waals surface area contributed by atoms with E-state index in [-0.39, 0.29) is 23.6 Å². The van der Waals surface area contributed by atoms with Crippen LogP contribution in [0.15, 0.2) is 24.3 Å². The average Bonchev–Trinajstić information content (AvgIpc) is 2.42. The molecule has 1 fully saturated rings. The molecule has 0 aromatic heterocycles. The Bertz CT molecular complexity index is 472. The maximum Gasteiger partial charge on any atom is 0.269 e. The van der Waals surface area contributed by atoms with Crippen molar-refractivity contribution in [1.29, 1.82) is 0 Å². The number of carbonyl (C=O) groups is 1. The van der Waals surface area contributed by atoms with Gasteiger partial charge < -0.3 is 10.1 Å². The number of hydrogen-bond donors (Lipinski definition) is 1. The first kappa shape index (κ1) is 13.5. The smallest absolute Gasteiger partial charge is 0.269 e.